The first kappa shape index (κ1) is 5.70. The molecule has 0 aromatic carbocycles. The lowest BCUT2D eigenvalue weighted by Crippen LogP contribution is -1.77. The molecule has 0 atom stereocenters. The van der Waals surface area contributed by atoms with Crippen molar-refractivity contribution >= 4 is 0 Å². The van der Waals surface area contributed by atoms with E-state index in [0.29, 0.717) is 6.54 Å². The quantitative estimate of drug-likeness (QED) is 0.449. The molecule has 0 aliphatic heterocycles. The van der Waals surface area contributed by atoms with Crippen molar-refractivity contribution in [2.45, 2.75) is 13.3 Å². The minimum atomic E-state index is 0.518. The summed E-state index contributed by atoms with van der Waals surface area (Å²) in [6.07, 6.45) is 4.86. The van der Waals surface area contributed by atoms with E-state index in [4.69, 9.17) is 5.73 Å². The molecule has 1 heteroatoms. The molecule has 0 saturated heterocycles. The van der Waals surface area contributed by atoms with Gasteiger partial charge in [-0.2, -0.15) is 0 Å². The van der Waals surface area contributed by atoms with E-state index in [1.807, 2.05) is 19.1 Å². The van der Waals surface area contributed by atoms with Gasteiger partial charge in [-0.15, -0.1) is 0 Å². The summed E-state index contributed by atoms with van der Waals surface area (Å²) in [4.78, 5) is 0. The highest BCUT2D eigenvalue weighted by atomic mass is 14.5. The number of hydrogen-bond acceptors (Lipinski definition) is 0. The van der Waals surface area contributed by atoms with E-state index in [2.05, 4.69) is 0 Å². The molecule has 1 N–H and O–H groups in total. The highest BCUT2D eigenvalue weighted by molar-refractivity contribution is 4.76. The standard InChI is InChI=1S/C5H10N/c1-2-3-4-5-6/h2-3,6H,4-5H2,1H3/b3-2+. The minimum absolute atomic E-state index is 0.518. The van der Waals surface area contributed by atoms with E-state index in [1.54, 1.807) is 0 Å². The largest absolute Gasteiger partial charge is 0.258 e. The summed E-state index contributed by atoms with van der Waals surface area (Å²) in [7, 11) is 0. The van der Waals surface area contributed by atoms with Crippen molar-refractivity contribution in [1.82, 2.24) is 5.73 Å². The van der Waals surface area contributed by atoms with E-state index in [1.165, 1.54) is 0 Å². The molecule has 0 saturated carbocycles. The lowest BCUT2D eigenvalue weighted by Gasteiger charge is -1.76. The van der Waals surface area contributed by atoms with Crippen LogP contribution >= 0.6 is 0 Å². The molecule has 0 aliphatic carbocycles. The maximum absolute atomic E-state index is 6.65. The van der Waals surface area contributed by atoms with Crippen molar-refractivity contribution in [3.8, 4) is 0 Å². The summed E-state index contributed by atoms with van der Waals surface area (Å²) in [5.41, 5.74) is 6.65. The van der Waals surface area contributed by atoms with E-state index in [0.717, 1.165) is 6.42 Å². The summed E-state index contributed by atoms with van der Waals surface area (Å²) in [6.45, 7) is 2.49. The molecule has 0 rings (SSSR count). The van der Waals surface area contributed by atoms with Gasteiger partial charge in [0.15, 0.2) is 0 Å². The molecule has 1 nitrogen and oxygen atoms in total. The number of rotatable bonds is 2. The third-order valence-electron chi connectivity index (χ3n) is 0.547. The predicted octanol–water partition coefficient (Wildman–Crippen LogP) is 1.24. The number of hydrogen-bond donors (Lipinski definition) is 0. The van der Waals surface area contributed by atoms with Crippen LogP contribution in [0.25, 0.3) is 0 Å². The summed E-state index contributed by atoms with van der Waals surface area (Å²) >= 11 is 0. The van der Waals surface area contributed by atoms with Gasteiger partial charge in [0, 0.05) is 6.54 Å². The molecule has 0 bridgehead atoms. The third-order valence-corrected chi connectivity index (χ3v) is 0.547. The molecule has 0 unspecified atom stereocenters. The van der Waals surface area contributed by atoms with Crippen LogP contribution in [0.4, 0.5) is 0 Å². The van der Waals surface area contributed by atoms with Gasteiger partial charge in [-0.25, -0.2) is 0 Å². The van der Waals surface area contributed by atoms with E-state index in [-0.39, 0.29) is 0 Å². The van der Waals surface area contributed by atoms with Crippen LogP contribution in [0, 0.1) is 0 Å². The Morgan fingerprint density at radius 1 is 1.67 bits per heavy atom. The Balaban J connectivity index is 2.66. The van der Waals surface area contributed by atoms with Gasteiger partial charge in [0.1, 0.15) is 0 Å². The zero-order valence-electron chi connectivity index (χ0n) is 4.07. The van der Waals surface area contributed by atoms with Crippen LogP contribution in [0.5, 0.6) is 0 Å². The summed E-state index contributed by atoms with van der Waals surface area (Å²) in [5.74, 6) is 0. The van der Waals surface area contributed by atoms with Gasteiger partial charge in [-0.3, -0.25) is 5.73 Å². The highest BCUT2D eigenvalue weighted by Gasteiger charge is 1.65. The first-order valence-electron chi connectivity index (χ1n) is 2.17. The topological polar surface area (TPSA) is 23.8 Å². The van der Waals surface area contributed by atoms with Crippen LogP contribution in [0.2, 0.25) is 0 Å². The highest BCUT2D eigenvalue weighted by Crippen LogP contribution is 1.75. The molecule has 0 fully saturated rings. The zero-order valence-corrected chi connectivity index (χ0v) is 4.07. The van der Waals surface area contributed by atoms with Crippen molar-refractivity contribution < 1.29 is 0 Å². The van der Waals surface area contributed by atoms with E-state index < -0.39 is 0 Å². The van der Waals surface area contributed by atoms with E-state index >= 15 is 0 Å². The molecule has 0 spiro atoms. The fraction of sp³-hybridized carbons (Fsp3) is 0.600. The predicted molar refractivity (Wildman–Crippen MR) is 27.4 cm³/mol. The monoisotopic (exact) mass is 84.1 g/mol. The van der Waals surface area contributed by atoms with Gasteiger partial charge >= 0.3 is 0 Å². The molecule has 0 heterocycles. The maximum atomic E-state index is 6.65. The molecule has 0 aromatic rings. The van der Waals surface area contributed by atoms with Crippen LogP contribution in [-0.2, 0) is 0 Å². The van der Waals surface area contributed by atoms with Crippen LogP contribution < -0.4 is 5.73 Å². The van der Waals surface area contributed by atoms with Crippen LogP contribution in [0.3, 0.4) is 0 Å². The van der Waals surface area contributed by atoms with Gasteiger partial charge in [-0.1, -0.05) is 12.2 Å². The fourth-order valence-electron chi connectivity index (χ4n) is 0.250. The Morgan fingerprint density at radius 2 is 2.33 bits per heavy atom. The molecule has 35 valence electrons. The molecule has 0 amide bonds. The second-order valence-electron chi connectivity index (χ2n) is 1.11. The van der Waals surface area contributed by atoms with Crippen LogP contribution in [-0.4, -0.2) is 6.54 Å². The van der Waals surface area contributed by atoms with Crippen molar-refractivity contribution in [2.75, 3.05) is 6.54 Å². The SMILES string of the molecule is C/C=C/CC[NH]. The second kappa shape index (κ2) is 4.70. The number of allylic oxidation sites excluding steroid dienone is 1. The normalized spacial score (nSPS) is 10.3. The average molecular weight is 84.1 g/mol. The van der Waals surface area contributed by atoms with Gasteiger partial charge in [0.25, 0.3) is 0 Å². The van der Waals surface area contributed by atoms with Crippen molar-refractivity contribution in [1.29, 1.82) is 0 Å². The summed E-state index contributed by atoms with van der Waals surface area (Å²) < 4.78 is 0. The lowest BCUT2D eigenvalue weighted by molar-refractivity contribution is 0.974. The van der Waals surface area contributed by atoms with Crippen molar-refractivity contribution in [2.24, 2.45) is 0 Å². The molecule has 0 aromatic heterocycles. The fourth-order valence-corrected chi connectivity index (χ4v) is 0.250. The maximum Gasteiger partial charge on any atom is 0.0134 e. The minimum Gasteiger partial charge on any atom is -0.258 e. The Morgan fingerprint density at radius 3 is 2.50 bits per heavy atom. The lowest BCUT2D eigenvalue weighted by atomic mass is 10.4. The first-order chi connectivity index (χ1) is 2.91. The Labute approximate surface area is 38.8 Å². The number of nitrogens with one attached hydrogen (secondary N) is 1. The summed E-state index contributed by atoms with van der Waals surface area (Å²) in [6, 6.07) is 0. The van der Waals surface area contributed by atoms with Gasteiger partial charge in [0.05, 0.1) is 0 Å². The Hall–Kier alpha value is -0.300. The van der Waals surface area contributed by atoms with Gasteiger partial charge < -0.3 is 0 Å². The van der Waals surface area contributed by atoms with Crippen molar-refractivity contribution in [3.63, 3.8) is 0 Å². The molecular weight excluding hydrogens is 74.1 g/mol. The molecule has 0 aliphatic rings. The third kappa shape index (κ3) is 3.70. The molecule has 6 heavy (non-hydrogen) atoms. The van der Waals surface area contributed by atoms with Gasteiger partial charge in [0.2, 0.25) is 0 Å². The van der Waals surface area contributed by atoms with Crippen LogP contribution in [0.1, 0.15) is 13.3 Å². The molecule has 1 radical (unpaired) electrons. The first-order valence-corrected chi connectivity index (χ1v) is 2.17. The van der Waals surface area contributed by atoms with E-state index in [9.17, 15) is 0 Å². The second-order valence-corrected chi connectivity index (χ2v) is 1.11. The summed E-state index contributed by atoms with van der Waals surface area (Å²) in [5, 5.41) is 0. The van der Waals surface area contributed by atoms with Crippen LogP contribution in [0.15, 0.2) is 12.2 Å². The Bertz CT molecular complexity index is 39.2. The average Bonchev–Trinajstić information content (AvgIpc) is 1.61. The zero-order chi connectivity index (χ0) is 4.83. The van der Waals surface area contributed by atoms with Crippen molar-refractivity contribution in [3.05, 3.63) is 12.2 Å². The molecular formula is C5H10N. The van der Waals surface area contributed by atoms with Gasteiger partial charge in [-0.05, 0) is 13.3 Å². The Kier molecular flexibility index (Phi) is 4.46. The smallest absolute Gasteiger partial charge is 0.0134 e.